The van der Waals surface area contributed by atoms with Crippen LogP contribution in [0.15, 0.2) is 41.0 Å². The lowest BCUT2D eigenvalue weighted by atomic mass is 10.2. The molecule has 1 N–H and O–H groups in total. The van der Waals surface area contributed by atoms with Gasteiger partial charge < -0.3 is 14.6 Å². The van der Waals surface area contributed by atoms with Gasteiger partial charge in [-0.2, -0.15) is 8.78 Å². The highest BCUT2D eigenvalue weighted by atomic mass is 79.9. The number of nitrogens with zero attached hydrogens (tertiary/aromatic N) is 1. The zero-order valence-corrected chi connectivity index (χ0v) is 13.4. The summed E-state index contributed by atoms with van der Waals surface area (Å²) in [7, 11) is 0. The Morgan fingerprint density at radius 3 is 2.64 bits per heavy atom. The average molecular weight is 373 g/mol. The highest BCUT2D eigenvalue weighted by Crippen LogP contribution is 2.16. The molecule has 4 nitrogen and oxygen atoms in total. The molecule has 0 atom stereocenters. The average Bonchev–Trinajstić information content (AvgIpc) is 2.87. The summed E-state index contributed by atoms with van der Waals surface area (Å²) in [4.78, 5) is 12.1. The molecule has 0 spiro atoms. The molecule has 1 aromatic heterocycles. The van der Waals surface area contributed by atoms with E-state index in [-0.39, 0.29) is 11.7 Å². The monoisotopic (exact) mass is 372 g/mol. The van der Waals surface area contributed by atoms with E-state index in [9.17, 15) is 13.6 Å². The zero-order chi connectivity index (χ0) is 16.1. The molecule has 0 aliphatic rings. The summed E-state index contributed by atoms with van der Waals surface area (Å²) in [5, 5.41) is 2.79. The van der Waals surface area contributed by atoms with Crippen molar-refractivity contribution in [2.75, 3.05) is 0 Å². The van der Waals surface area contributed by atoms with Crippen LogP contribution in [0.25, 0.3) is 0 Å². The van der Waals surface area contributed by atoms with Crippen LogP contribution in [-0.2, 0) is 13.1 Å². The minimum Gasteiger partial charge on any atom is -0.435 e. The largest absolute Gasteiger partial charge is 0.435 e. The van der Waals surface area contributed by atoms with Crippen molar-refractivity contribution < 1.29 is 18.3 Å². The molecule has 1 amide bonds. The summed E-state index contributed by atoms with van der Waals surface area (Å²) < 4.78 is 31.0. The highest BCUT2D eigenvalue weighted by Gasteiger charge is 2.12. The van der Waals surface area contributed by atoms with Crippen LogP contribution in [0.2, 0.25) is 0 Å². The van der Waals surface area contributed by atoms with Crippen molar-refractivity contribution in [3.63, 3.8) is 0 Å². The molecule has 2 rings (SSSR count). The van der Waals surface area contributed by atoms with Crippen molar-refractivity contribution in [1.29, 1.82) is 0 Å². The Hall–Kier alpha value is -1.89. The van der Waals surface area contributed by atoms with Crippen LogP contribution in [0.3, 0.4) is 0 Å². The maximum atomic E-state index is 12.1. The number of ether oxygens (including phenoxy) is 1. The summed E-state index contributed by atoms with van der Waals surface area (Å²) in [6, 6.07) is 7.90. The second-order valence-corrected chi connectivity index (χ2v) is 5.45. The third-order valence-electron chi connectivity index (χ3n) is 3.04. The van der Waals surface area contributed by atoms with Gasteiger partial charge in [-0.1, -0.05) is 12.1 Å². The van der Waals surface area contributed by atoms with Crippen molar-refractivity contribution in [3.8, 4) is 5.75 Å². The molecule has 0 bridgehead atoms. The summed E-state index contributed by atoms with van der Waals surface area (Å²) in [5.74, 6) is -0.102. The maximum absolute atomic E-state index is 12.1. The van der Waals surface area contributed by atoms with Crippen molar-refractivity contribution in [2.24, 2.45) is 0 Å². The first-order valence-electron chi connectivity index (χ1n) is 6.67. The number of carbonyl (C=O) groups excluding carboxylic acids is 1. The van der Waals surface area contributed by atoms with E-state index in [1.54, 1.807) is 18.2 Å². The SMILES string of the molecule is CCn1cc(Br)cc1C(=O)NCc1ccc(OC(F)F)cc1. The van der Waals surface area contributed by atoms with Gasteiger partial charge in [0.2, 0.25) is 0 Å². The number of alkyl halides is 2. The van der Waals surface area contributed by atoms with Gasteiger partial charge in [-0.25, -0.2) is 0 Å². The third kappa shape index (κ3) is 4.30. The van der Waals surface area contributed by atoms with Crippen LogP contribution in [0.4, 0.5) is 8.78 Å². The Labute approximate surface area is 135 Å². The number of aromatic nitrogens is 1. The predicted molar refractivity (Wildman–Crippen MR) is 82.1 cm³/mol. The molecule has 118 valence electrons. The molecule has 0 aliphatic carbocycles. The molecule has 1 aromatic carbocycles. The van der Waals surface area contributed by atoms with E-state index < -0.39 is 6.61 Å². The quantitative estimate of drug-likeness (QED) is 0.837. The maximum Gasteiger partial charge on any atom is 0.387 e. The number of rotatable bonds is 6. The van der Waals surface area contributed by atoms with Gasteiger partial charge in [0, 0.05) is 23.8 Å². The zero-order valence-electron chi connectivity index (χ0n) is 11.9. The van der Waals surface area contributed by atoms with Crippen molar-refractivity contribution in [1.82, 2.24) is 9.88 Å². The second kappa shape index (κ2) is 7.40. The van der Waals surface area contributed by atoms with E-state index in [4.69, 9.17) is 0 Å². The van der Waals surface area contributed by atoms with Gasteiger partial charge in [0.25, 0.3) is 5.91 Å². The Kier molecular flexibility index (Phi) is 5.54. The molecular weight excluding hydrogens is 358 g/mol. The van der Waals surface area contributed by atoms with E-state index in [2.05, 4.69) is 26.0 Å². The predicted octanol–water partition coefficient (Wildman–Crippen LogP) is 3.80. The minimum atomic E-state index is -2.84. The fourth-order valence-corrected chi connectivity index (χ4v) is 2.45. The van der Waals surface area contributed by atoms with E-state index >= 15 is 0 Å². The van der Waals surface area contributed by atoms with Crippen molar-refractivity contribution >= 4 is 21.8 Å². The van der Waals surface area contributed by atoms with Crippen molar-refractivity contribution in [2.45, 2.75) is 26.6 Å². The second-order valence-electron chi connectivity index (χ2n) is 4.53. The van der Waals surface area contributed by atoms with Gasteiger partial charge in [0.15, 0.2) is 0 Å². The normalized spacial score (nSPS) is 10.8. The van der Waals surface area contributed by atoms with Crippen LogP contribution in [-0.4, -0.2) is 17.1 Å². The fraction of sp³-hybridized carbons (Fsp3) is 0.267. The van der Waals surface area contributed by atoms with Crippen LogP contribution in [0.5, 0.6) is 5.75 Å². The number of hydrogen-bond acceptors (Lipinski definition) is 2. The number of nitrogens with one attached hydrogen (secondary N) is 1. The molecular formula is C15H15BrF2N2O2. The van der Waals surface area contributed by atoms with E-state index in [0.717, 1.165) is 10.0 Å². The van der Waals surface area contributed by atoms with Crippen LogP contribution in [0, 0.1) is 0 Å². The van der Waals surface area contributed by atoms with E-state index in [1.165, 1.54) is 12.1 Å². The Balaban J connectivity index is 1.96. The minimum absolute atomic E-state index is 0.0915. The third-order valence-corrected chi connectivity index (χ3v) is 3.47. The number of benzene rings is 1. The molecule has 1 heterocycles. The summed E-state index contributed by atoms with van der Waals surface area (Å²) >= 11 is 3.34. The molecule has 0 saturated heterocycles. The van der Waals surface area contributed by atoms with E-state index in [0.29, 0.717) is 18.8 Å². The Morgan fingerprint density at radius 1 is 1.36 bits per heavy atom. The first-order chi connectivity index (χ1) is 10.5. The Morgan fingerprint density at radius 2 is 2.05 bits per heavy atom. The van der Waals surface area contributed by atoms with Crippen LogP contribution < -0.4 is 10.1 Å². The number of aryl methyl sites for hydroxylation is 1. The van der Waals surface area contributed by atoms with Gasteiger partial charge in [-0.15, -0.1) is 0 Å². The van der Waals surface area contributed by atoms with Gasteiger partial charge >= 0.3 is 6.61 Å². The smallest absolute Gasteiger partial charge is 0.387 e. The van der Waals surface area contributed by atoms with E-state index in [1.807, 2.05) is 17.7 Å². The lowest BCUT2D eigenvalue weighted by molar-refractivity contribution is -0.0498. The molecule has 0 saturated carbocycles. The molecule has 0 fully saturated rings. The van der Waals surface area contributed by atoms with Gasteiger partial charge in [-0.05, 0) is 46.6 Å². The lowest BCUT2D eigenvalue weighted by Crippen LogP contribution is -2.25. The van der Waals surface area contributed by atoms with Crippen molar-refractivity contribution in [3.05, 3.63) is 52.3 Å². The summed E-state index contributed by atoms with van der Waals surface area (Å²) in [5.41, 5.74) is 1.36. The molecule has 0 radical (unpaired) electrons. The molecule has 0 unspecified atom stereocenters. The highest BCUT2D eigenvalue weighted by molar-refractivity contribution is 9.10. The molecule has 22 heavy (non-hydrogen) atoms. The number of amides is 1. The molecule has 0 aliphatic heterocycles. The standard InChI is InChI=1S/C15H15BrF2N2O2/c1-2-20-9-11(16)7-13(20)14(21)19-8-10-3-5-12(6-4-10)22-15(17)18/h3-7,9,15H,2,8H2,1H3,(H,19,21). The molecule has 2 aromatic rings. The van der Waals surface area contributed by atoms with Crippen LogP contribution >= 0.6 is 15.9 Å². The van der Waals surface area contributed by atoms with Crippen LogP contribution in [0.1, 0.15) is 23.0 Å². The lowest BCUT2D eigenvalue weighted by Gasteiger charge is -2.09. The summed E-state index contributed by atoms with van der Waals surface area (Å²) in [6.45, 7) is 0.102. The van der Waals surface area contributed by atoms with Gasteiger partial charge in [-0.3, -0.25) is 4.79 Å². The fourth-order valence-electron chi connectivity index (χ4n) is 1.99. The topological polar surface area (TPSA) is 43.3 Å². The first kappa shape index (κ1) is 16.5. The van der Waals surface area contributed by atoms with Gasteiger partial charge in [0.1, 0.15) is 11.4 Å². The number of halogens is 3. The summed E-state index contributed by atoms with van der Waals surface area (Å²) in [6.07, 6.45) is 1.84. The molecule has 7 heteroatoms. The first-order valence-corrected chi connectivity index (χ1v) is 7.46. The number of carbonyl (C=O) groups is 1. The Bertz CT molecular complexity index is 641. The number of hydrogen-bond donors (Lipinski definition) is 1. The van der Waals surface area contributed by atoms with Gasteiger partial charge in [0.05, 0.1) is 0 Å².